The molecule has 2 heterocycles. The van der Waals surface area contributed by atoms with Gasteiger partial charge in [-0.1, -0.05) is 11.8 Å². The summed E-state index contributed by atoms with van der Waals surface area (Å²) >= 11 is 1.24. The second kappa shape index (κ2) is 7.10. The second-order valence-corrected chi connectivity index (χ2v) is 5.99. The van der Waals surface area contributed by atoms with Crippen LogP contribution in [-0.2, 0) is 6.18 Å². The average Bonchev–Trinajstić information content (AvgIpc) is 2.62. The monoisotopic (exact) mass is 363 g/mol. The summed E-state index contributed by atoms with van der Waals surface area (Å²) < 4.78 is 43.0. The van der Waals surface area contributed by atoms with Crippen LogP contribution in [0.3, 0.4) is 0 Å². The van der Waals surface area contributed by atoms with Crippen LogP contribution >= 0.6 is 11.8 Å². The van der Waals surface area contributed by atoms with E-state index in [9.17, 15) is 13.2 Å². The zero-order chi connectivity index (χ0) is 17.9. The number of pyridine rings is 1. The number of benzene rings is 1. The molecular formula is C17H12F3N3OS. The summed E-state index contributed by atoms with van der Waals surface area (Å²) in [7, 11) is 1.52. The van der Waals surface area contributed by atoms with Crippen LogP contribution in [0, 0.1) is 0 Å². The van der Waals surface area contributed by atoms with Crippen LogP contribution in [0.4, 0.5) is 13.2 Å². The van der Waals surface area contributed by atoms with E-state index in [1.165, 1.54) is 37.2 Å². The lowest BCUT2D eigenvalue weighted by molar-refractivity contribution is -0.137. The fraction of sp³-hybridized carbons (Fsp3) is 0.118. The number of ether oxygens (including phenoxy) is 1. The van der Waals surface area contributed by atoms with Gasteiger partial charge in [0.15, 0.2) is 0 Å². The lowest BCUT2D eigenvalue weighted by atomic mass is 10.2. The number of hydrogen-bond donors (Lipinski definition) is 0. The highest BCUT2D eigenvalue weighted by molar-refractivity contribution is 7.99. The molecular weight excluding hydrogens is 351 g/mol. The fourth-order valence-corrected chi connectivity index (χ4v) is 2.94. The van der Waals surface area contributed by atoms with E-state index in [0.717, 1.165) is 17.7 Å². The molecule has 0 saturated heterocycles. The van der Waals surface area contributed by atoms with Gasteiger partial charge >= 0.3 is 6.18 Å². The quantitative estimate of drug-likeness (QED) is 0.671. The third-order valence-electron chi connectivity index (χ3n) is 3.28. The van der Waals surface area contributed by atoms with Gasteiger partial charge < -0.3 is 4.74 Å². The Hall–Kier alpha value is -2.61. The molecule has 8 heteroatoms. The van der Waals surface area contributed by atoms with E-state index in [2.05, 4.69) is 15.0 Å². The van der Waals surface area contributed by atoms with Gasteiger partial charge in [0.25, 0.3) is 0 Å². The first-order valence-electron chi connectivity index (χ1n) is 7.14. The molecule has 4 nitrogen and oxygen atoms in total. The Morgan fingerprint density at radius 2 is 1.64 bits per heavy atom. The normalized spacial score (nSPS) is 11.4. The van der Waals surface area contributed by atoms with Gasteiger partial charge in [-0.15, -0.1) is 0 Å². The van der Waals surface area contributed by atoms with E-state index >= 15 is 0 Å². The first kappa shape index (κ1) is 17.2. The van der Waals surface area contributed by atoms with Gasteiger partial charge in [-0.3, -0.25) is 4.98 Å². The summed E-state index contributed by atoms with van der Waals surface area (Å²) in [6.45, 7) is 0. The first-order valence-corrected chi connectivity index (χ1v) is 7.95. The Bertz CT molecular complexity index is 852. The Labute approximate surface area is 146 Å². The molecule has 0 saturated carbocycles. The van der Waals surface area contributed by atoms with E-state index in [-0.39, 0.29) is 0 Å². The van der Waals surface area contributed by atoms with Crippen molar-refractivity contribution in [2.75, 3.05) is 7.11 Å². The van der Waals surface area contributed by atoms with Crippen LogP contribution in [0.15, 0.2) is 64.9 Å². The summed E-state index contributed by atoms with van der Waals surface area (Å²) in [6.07, 6.45) is 0.346. The zero-order valence-electron chi connectivity index (χ0n) is 13.0. The lowest BCUT2D eigenvalue weighted by Crippen LogP contribution is -2.03. The van der Waals surface area contributed by atoms with Crippen molar-refractivity contribution in [1.29, 1.82) is 0 Å². The Morgan fingerprint density at radius 1 is 0.920 bits per heavy atom. The molecule has 0 amide bonds. The Kier molecular flexibility index (Phi) is 4.89. The molecule has 3 aromatic rings. The van der Waals surface area contributed by atoms with Crippen LogP contribution in [-0.4, -0.2) is 22.1 Å². The Morgan fingerprint density at radius 3 is 2.24 bits per heavy atom. The summed E-state index contributed by atoms with van der Waals surface area (Å²) in [5.41, 5.74) is 0.654. The van der Waals surface area contributed by atoms with E-state index in [0.29, 0.717) is 21.5 Å². The third kappa shape index (κ3) is 4.08. The minimum absolute atomic E-state index is 0.476. The molecule has 2 aromatic heterocycles. The second-order valence-electron chi connectivity index (χ2n) is 4.92. The molecule has 128 valence electrons. The highest BCUT2D eigenvalue weighted by atomic mass is 32.2. The molecule has 0 unspecified atom stereocenters. The van der Waals surface area contributed by atoms with Crippen molar-refractivity contribution < 1.29 is 17.9 Å². The van der Waals surface area contributed by atoms with Crippen LogP contribution in [0.1, 0.15) is 5.56 Å². The van der Waals surface area contributed by atoms with Gasteiger partial charge in [-0.25, -0.2) is 9.97 Å². The number of nitrogens with zero attached hydrogens (tertiary/aromatic N) is 3. The van der Waals surface area contributed by atoms with Crippen molar-refractivity contribution in [2.45, 2.75) is 16.1 Å². The lowest BCUT2D eigenvalue weighted by Gasteiger charge is -2.09. The minimum Gasteiger partial charge on any atom is -0.481 e. The largest absolute Gasteiger partial charge is 0.481 e. The summed E-state index contributed by atoms with van der Waals surface area (Å²) in [5.74, 6) is 0.476. The van der Waals surface area contributed by atoms with Crippen molar-refractivity contribution in [3.05, 3.63) is 60.6 Å². The maximum Gasteiger partial charge on any atom is 0.416 e. The van der Waals surface area contributed by atoms with Crippen molar-refractivity contribution in [3.63, 3.8) is 0 Å². The first-order chi connectivity index (χ1) is 12.0. The van der Waals surface area contributed by atoms with E-state index in [4.69, 9.17) is 4.74 Å². The maximum absolute atomic E-state index is 12.6. The number of alkyl halides is 3. The van der Waals surface area contributed by atoms with Crippen LogP contribution in [0.25, 0.3) is 11.3 Å². The van der Waals surface area contributed by atoms with Crippen LogP contribution in [0.5, 0.6) is 5.88 Å². The molecule has 25 heavy (non-hydrogen) atoms. The predicted molar refractivity (Wildman–Crippen MR) is 87.4 cm³/mol. The molecule has 0 spiro atoms. The van der Waals surface area contributed by atoms with Crippen molar-refractivity contribution in [3.8, 4) is 17.1 Å². The van der Waals surface area contributed by atoms with E-state index < -0.39 is 11.7 Å². The molecule has 0 aliphatic rings. The van der Waals surface area contributed by atoms with Crippen molar-refractivity contribution in [1.82, 2.24) is 15.0 Å². The standard InChI is InChI=1S/C17H12F3N3OS/c1-24-14-7-2-11(10-23-14)15-16(22-9-8-21-15)25-13-5-3-12(4-6-13)17(18,19)20/h2-10H,1H3. The molecule has 0 fully saturated rings. The molecule has 0 aliphatic carbocycles. The molecule has 1 aromatic carbocycles. The van der Waals surface area contributed by atoms with Gasteiger partial charge in [-0.2, -0.15) is 13.2 Å². The van der Waals surface area contributed by atoms with Gasteiger partial charge in [0.05, 0.1) is 12.7 Å². The summed E-state index contributed by atoms with van der Waals surface area (Å²) in [5, 5.41) is 0.578. The average molecular weight is 363 g/mol. The predicted octanol–water partition coefficient (Wildman–Crippen LogP) is 4.72. The number of halogens is 3. The molecule has 0 radical (unpaired) electrons. The van der Waals surface area contributed by atoms with Gasteiger partial charge in [0.1, 0.15) is 10.7 Å². The molecule has 0 N–H and O–H groups in total. The molecule has 0 bridgehead atoms. The van der Waals surface area contributed by atoms with Crippen molar-refractivity contribution in [2.24, 2.45) is 0 Å². The topological polar surface area (TPSA) is 47.9 Å². The molecule has 0 aliphatic heterocycles. The number of methoxy groups -OCH3 is 1. The summed E-state index contributed by atoms with van der Waals surface area (Å²) in [6, 6.07) is 8.43. The maximum atomic E-state index is 12.6. The third-order valence-corrected chi connectivity index (χ3v) is 4.28. The molecule has 0 atom stereocenters. The highest BCUT2D eigenvalue weighted by Crippen LogP contribution is 2.35. The van der Waals surface area contributed by atoms with Gasteiger partial charge in [0, 0.05) is 35.1 Å². The van der Waals surface area contributed by atoms with Crippen molar-refractivity contribution >= 4 is 11.8 Å². The fourth-order valence-electron chi connectivity index (χ4n) is 2.06. The van der Waals surface area contributed by atoms with E-state index in [1.54, 1.807) is 24.5 Å². The zero-order valence-corrected chi connectivity index (χ0v) is 13.8. The molecule has 3 rings (SSSR count). The highest BCUT2D eigenvalue weighted by Gasteiger charge is 2.30. The van der Waals surface area contributed by atoms with Crippen LogP contribution < -0.4 is 4.74 Å². The van der Waals surface area contributed by atoms with E-state index in [1.807, 2.05) is 0 Å². The number of aromatic nitrogens is 3. The minimum atomic E-state index is -4.35. The van der Waals surface area contributed by atoms with Gasteiger partial charge in [0.2, 0.25) is 5.88 Å². The SMILES string of the molecule is COc1ccc(-c2nccnc2Sc2ccc(C(F)(F)F)cc2)cn1. The number of rotatable bonds is 4. The van der Waals surface area contributed by atoms with Crippen LogP contribution in [0.2, 0.25) is 0 Å². The van der Waals surface area contributed by atoms with Gasteiger partial charge in [-0.05, 0) is 30.3 Å². The Balaban J connectivity index is 1.88. The summed E-state index contributed by atoms with van der Waals surface area (Å²) in [4.78, 5) is 13.4. The number of hydrogen-bond acceptors (Lipinski definition) is 5. The smallest absolute Gasteiger partial charge is 0.416 e.